The fraction of sp³-hybridized carbons (Fsp3) is 0.550. The first-order valence-electron chi connectivity index (χ1n) is 8.59. The third-order valence-electron chi connectivity index (χ3n) is 4.80. The molecule has 1 aliphatic rings. The second-order valence-corrected chi connectivity index (χ2v) is 6.21. The van der Waals surface area contributed by atoms with Crippen LogP contribution in [-0.4, -0.2) is 6.10 Å². The quantitative estimate of drug-likeness (QED) is 0.645. The van der Waals surface area contributed by atoms with Gasteiger partial charge < -0.3 is 4.74 Å². The monoisotopic (exact) mass is 297 g/mol. The zero-order valence-corrected chi connectivity index (χ0v) is 13.8. The average molecular weight is 297 g/mol. The zero-order valence-electron chi connectivity index (χ0n) is 13.8. The van der Waals surface area contributed by atoms with Crippen LogP contribution in [0.15, 0.2) is 36.6 Å². The lowest BCUT2D eigenvalue weighted by atomic mass is 9.76. The summed E-state index contributed by atoms with van der Waals surface area (Å²) in [6.07, 6.45) is 11.4. The van der Waals surface area contributed by atoms with Crippen LogP contribution in [0.1, 0.15) is 69.4 Å². The fourth-order valence-corrected chi connectivity index (χ4v) is 3.45. The van der Waals surface area contributed by atoms with Gasteiger partial charge in [0.25, 0.3) is 0 Å². The Balaban J connectivity index is 1.88. The maximum absolute atomic E-state index is 8.88. The van der Waals surface area contributed by atoms with Gasteiger partial charge in [-0.3, -0.25) is 0 Å². The van der Waals surface area contributed by atoms with Crippen LogP contribution < -0.4 is 0 Å². The summed E-state index contributed by atoms with van der Waals surface area (Å²) >= 11 is 0. The zero-order chi connectivity index (χ0) is 15.8. The highest BCUT2D eigenvalue weighted by Crippen LogP contribution is 2.38. The van der Waals surface area contributed by atoms with Crippen LogP contribution in [0, 0.1) is 17.2 Å². The number of nitriles is 1. The molecule has 2 heteroatoms. The van der Waals surface area contributed by atoms with E-state index < -0.39 is 0 Å². The molecule has 0 spiro atoms. The minimum Gasteiger partial charge on any atom is -0.498 e. The Bertz CT molecular complexity index is 504. The second-order valence-electron chi connectivity index (χ2n) is 6.21. The molecule has 2 nitrogen and oxygen atoms in total. The lowest BCUT2D eigenvalue weighted by Crippen LogP contribution is -2.26. The van der Waals surface area contributed by atoms with E-state index in [1.54, 1.807) is 0 Å². The van der Waals surface area contributed by atoms with E-state index >= 15 is 0 Å². The van der Waals surface area contributed by atoms with Crippen LogP contribution in [-0.2, 0) is 4.74 Å². The first kappa shape index (κ1) is 16.6. The van der Waals surface area contributed by atoms with Crippen LogP contribution in [0.25, 0.3) is 0 Å². The molecule has 0 saturated heterocycles. The van der Waals surface area contributed by atoms with Crippen molar-refractivity contribution < 1.29 is 4.74 Å². The molecule has 0 aromatic heterocycles. The topological polar surface area (TPSA) is 33.0 Å². The SMILES string of the molecule is CC/C=C/OC(CC)C1CCC(c2ccc(C#N)cc2)CC1. The Kier molecular flexibility index (Phi) is 6.52. The molecule has 0 amide bonds. The largest absolute Gasteiger partial charge is 0.498 e. The summed E-state index contributed by atoms with van der Waals surface area (Å²) in [5.41, 5.74) is 2.14. The molecule has 1 aromatic carbocycles. The first-order chi connectivity index (χ1) is 10.8. The number of rotatable bonds is 6. The van der Waals surface area contributed by atoms with Crippen molar-refractivity contribution >= 4 is 0 Å². The molecule has 22 heavy (non-hydrogen) atoms. The van der Waals surface area contributed by atoms with Crippen molar-refractivity contribution in [3.05, 3.63) is 47.7 Å². The number of ether oxygens (including phenoxy) is 1. The van der Waals surface area contributed by atoms with E-state index in [-0.39, 0.29) is 0 Å². The number of benzene rings is 1. The van der Waals surface area contributed by atoms with Gasteiger partial charge >= 0.3 is 0 Å². The molecule has 0 bridgehead atoms. The highest BCUT2D eigenvalue weighted by Gasteiger charge is 2.28. The molecule has 1 aromatic rings. The van der Waals surface area contributed by atoms with E-state index in [0.717, 1.165) is 18.4 Å². The highest BCUT2D eigenvalue weighted by atomic mass is 16.5. The fourth-order valence-electron chi connectivity index (χ4n) is 3.45. The predicted molar refractivity (Wildman–Crippen MR) is 90.5 cm³/mol. The van der Waals surface area contributed by atoms with Gasteiger partial charge in [0.05, 0.1) is 17.9 Å². The lowest BCUT2D eigenvalue weighted by Gasteiger charge is -2.33. The molecule has 118 valence electrons. The minimum absolute atomic E-state index is 0.365. The van der Waals surface area contributed by atoms with E-state index in [4.69, 9.17) is 10.00 Å². The molecule has 1 aliphatic carbocycles. The number of hydrogen-bond donors (Lipinski definition) is 0. The second kappa shape index (κ2) is 8.63. The van der Waals surface area contributed by atoms with Gasteiger partial charge in [0.15, 0.2) is 0 Å². The van der Waals surface area contributed by atoms with Crippen LogP contribution in [0.2, 0.25) is 0 Å². The molecule has 1 saturated carbocycles. The summed E-state index contributed by atoms with van der Waals surface area (Å²) in [4.78, 5) is 0. The summed E-state index contributed by atoms with van der Waals surface area (Å²) in [5.74, 6) is 1.33. The highest BCUT2D eigenvalue weighted by molar-refractivity contribution is 5.33. The molecule has 0 aliphatic heterocycles. The summed E-state index contributed by atoms with van der Waals surface area (Å²) in [6.45, 7) is 4.35. The molecular formula is C20H27NO. The Morgan fingerprint density at radius 3 is 2.41 bits per heavy atom. The van der Waals surface area contributed by atoms with E-state index in [1.807, 2.05) is 18.4 Å². The molecule has 0 radical (unpaired) electrons. The standard InChI is InChI=1S/C20H27NO/c1-3-5-14-22-20(4-2)19-12-10-18(11-13-19)17-8-6-16(15-21)7-9-17/h5-9,14,18-20H,3-4,10-13H2,1-2H3/b14-5+. The van der Waals surface area contributed by atoms with Crippen LogP contribution in [0.5, 0.6) is 0 Å². The summed E-state index contributed by atoms with van der Waals surface area (Å²) < 4.78 is 5.93. The molecule has 1 unspecified atom stereocenters. The smallest absolute Gasteiger partial charge is 0.100 e. The maximum Gasteiger partial charge on any atom is 0.100 e. The summed E-state index contributed by atoms with van der Waals surface area (Å²) in [7, 11) is 0. The normalized spacial score (nSPS) is 23.1. The Morgan fingerprint density at radius 1 is 1.18 bits per heavy atom. The van der Waals surface area contributed by atoms with Crippen LogP contribution in [0.3, 0.4) is 0 Å². The molecule has 2 rings (SSSR count). The summed E-state index contributed by atoms with van der Waals surface area (Å²) in [5, 5.41) is 8.88. The number of hydrogen-bond acceptors (Lipinski definition) is 2. The predicted octanol–water partition coefficient (Wildman–Crippen LogP) is 5.55. The molecule has 0 N–H and O–H groups in total. The van der Waals surface area contributed by atoms with Crippen LogP contribution >= 0.6 is 0 Å². The van der Waals surface area contributed by atoms with Crippen molar-refractivity contribution in [1.82, 2.24) is 0 Å². The van der Waals surface area contributed by atoms with E-state index in [2.05, 4.69) is 38.1 Å². The van der Waals surface area contributed by atoms with E-state index in [9.17, 15) is 0 Å². The van der Waals surface area contributed by atoms with Gasteiger partial charge in [0.1, 0.15) is 6.10 Å². The van der Waals surface area contributed by atoms with Crippen molar-refractivity contribution in [1.29, 1.82) is 5.26 Å². The van der Waals surface area contributed by atoms with Gasteiger partial charge in [-0.05, 0) is 68.1 Å². The van der Waals surface area contributed by atoms with Gasteiger partial charge in [-0.25, -0.2) is 0 Å². The van der Waals surface area contributed by atoms with E-state index in [1.165, 1.54) is 31.2 Å². The third-order valence-corrected chi connectivity index (χ3v) is 4.80. The van der Waals surface area contributed by atoms with Crippen LogP contribution in [0.4, 0.5) is 0 Å². The van der Waals surface area contributed by atoms with E-state index in [0.29, 0.717) is 17.9 Å². The van der Waals surface area contributed by atoms with Crippen molar-refractivity contribution in [2.75, 3.05) is 0 Å². The lowest BCUT2D eigenvalue weighted by molar-refractivity contribution is 0.0599. The van der Waals surface area contributed by atoms with Gasteiger partial charge in [-0.15, -0.1) is 0 Å². The van der Waals surface area contributed by atoms with Crippen molar-refractivity contribution in [3.8, 4) is 6.07 Å². The average Bonchev–Trinajstić information content (AvgIpc) is 2.59. The molecular weight excluding hydrogens is 270 g/mol. The molecule has 0 heterocycles. The Hall–Kier alpha value is -1.75. The van der Waals surface area contributed by atoms with Crippen molar-refractivity contribution in [2.24, 2.45) is 5.92 Å². The molecule has 1 fully saturated rings. The van der Waals surface area contributed by atoms with Gasteiger partial charge in [-0.1, -0.05) is 32.1 Å². The van der Waals surface area contributed by atoms with Gasteiger partial charge in [0, 0.05) is 0 Å². The minimum atomic E-state index is 0.365. The molecule has 1 atom stereocenters. The maximum atomic E-state index is 8.88. The summed E-state index contributed by atoms with van der Waals surface area (Å²) in [6, 6.07) is 10.3. The Labute approximate surface area is 134 Å². The van der Waals surface area contributed by atoms with Crippen molar-refractivity contribution in [2.45, 2.75) is 64.4 Å². The third kappa shape index (κ3) is 4.37. The van der Waals surface area contributed by atoms with Crippen molar-refractivity contribution in [3.63, 3.8) is 0 Å². The number of nitrogens with zero attached hydrogens (tertiary/aromatic N) is 1. The first-order valence-corrected chi connectivity index (χ1v) is 8.59. The van der Waals surface area contributed by atoms with Gasteiger partial charge in [0.2, 0.25) is 0 Å². The Morgan fingerprint density at radius 2 is 1.86 bits per heavy atom. The number of allylic oxidation sites excluding steroid dienone is 1. The van der Waals surface area contributed by atoms with Gasteiger partial charge in [-0.2, -0.15) is 5.26 Å².